The van der Waals surface area contributed by atoms with Crippen LogP contribution in [0.4, 0.5) is 0 Å². The first-order valence-electron chi connectivity index (χ1n) is 5.99. The molecule has 1 N–H and O–H groups in total. The molecule has 0 heterocycles. The van der Waals surface area contributed by atoms with E-state index >= 15 is 0 Å². The van der Waals surface area contributed by atoms with Gasteiger partial charge in [0.25, 0.3) is 0 Å². The fourth-order valence-corrected chi connectivity index (χ4v) is 1.64. The van der Waals surface area contributed by atoms with Crippen LogP contribution in [-0.4, -0.2) is 6.54 Å². The molecular weight excluding hydrogens is 194 g/mol. The van der Waals surface area contributed by atoms with Crippen molar-refractivity contribution in [3.8, 4) is 11.8 Å². The van der Waals surface area contributed by atoms with Gasteiger partial charge in [-0.1, -0.05) is 31.2 Å². The van der Waals surface area contributed by atoms with Crippen LogP contribution in [0.3, 0.4) is 0 Å². The van der Waals surface area contributed by atoms with Crippen LogP contribution in [-0.2, 0) is 6.42 Å². The molecular formula is C15H21N. The average molecular weight is 215 g/mol. The van der Waals surface area contributed by atoms with Crippen LogP contribution in [0.25, 0.3) is 0 Å². The zero-order valence-corrected chi connectivity index (χ0v) is 10.5. The molecule has 0 aliphatic heterocycles. The Kier molecular flexibility index (Phi) is 5.67. The molecule has 1 aromatic carbocycles. The number of benzene rings is 1. The average Bonchev–Trinajstić information content (AvgIpc) is 2.34. The quantitative estimate of drug-likeness (QED) is 0.587. The summed E-state index contributed by atoms with van der Waals surface area (Å²) in [6.07, 6.45) is 2.03. The first kappa shape index (κ1) is 12.8. The van der Waals surface area contributed by atoms with E-state index in [9.17, 15) is 0 Å². The molecule has 16 heavy (non-hydrogen) atoms. The molecule has 1 unspecified atom stereocenters. The van der Waals surface area contributed by atoms with Gasteiger partial charge >= 0.3 is 0 Å². The standard InChI is InChI=1S/C15H21N/c1-4-6-7-12-16-13(3)15-10-8-14(5-2)9-11-15/h8-11,13,16H,5,7,12H2,1-3H3. The molecule has 0 spiro atoms. The number of hydrogen-bond donors (Lipinski definition) is 1. The lowest BCUT2D eigenvalue weighted by molar-refractivity contribution is 0.584. The molecule has 1 atom stereocenters. The second kappa shape index (κ2) is 7.09. The molecule has 0 saturated heterocycles. The number of aryl methyl sites for hydroxylation is 1. The zero-order chi connectivity index (χ0) is 11.8. The van der Waals surface area contributed by atoms with Gasteiger partial charge in [-0.2, -0.15) is 0 Å². The topological polar surface area (TPSA) is 12.0 Å². The maximum atomic E-state index is 3.47. The lowest BCUT2D eigenvalue weighted by Gasteiger charge is -2.13. The normalized spacial score (nSPS) is 11.7. The number of hydrogen-bond acceptors (Lipinski definition) is 1. The smallest absolute Gasteiger partial charge is 0.0292 e. The minimum Gasteiger partial charge on any atom is -0.309 e. The minimum absolute atomic E-state index is 0.407. The van der Waals surface area contributed by atoms with Gasteiger partial charge in [0.05, 0.1) is 0 Å². The van der Waals surface area contributed by atoms with Gasteiger partial charge in [-0.15, -0.1) is 11.8 Å². The van der Waals surface area contributed by atoms with Gasteiger partial charge in [-0.05, 0) is 31.4 Å². The molecule has 1 heteroatoms. The van der Waals surface area contributed by atoms with E-state index in [0.717, 1.165) is 19.4 Å². The SMILES string of the molecule is CC#CCCNC(C)c1ccc(CC)cc1. The lowest BCUT2D eigenvalue weighted by Crippen LogP contribution is -2.19. The third-order valence-corrected chi connectivity index (χ3v) is 2.77. The Balaban J connectivity index is 2.44. The zero-order valence-electron chi connectivity index (χ0n) is 10.5. The molecule has 0 aliphatic carbocycles. The van der Waals surface area contributed by atoms with Crippen molar-refractivity contribution in [2.75, 3.05) is 6.54 Å². The molecule has 1 rings (SSSR count). The molecule has 0 saturated carbocycles. The van der Waals surface area contributed by atoms with Gasteiger partial charge in [-0.25, -0.2) is 0 Å². The predicted octanol–water partition coefficient (Wildman–Crippen LogP) is 3.31. The summed E-state index contributed by atoms with van der Waals surface area (Å²) < 4.78 is 0. The minimum atomic E-state index is 0.407. The highest BCUT2D eigenvalue weighted by molar-refractivity contribution is 5.24. The Morgan fingerprint density at radius 2 is 1.94 bits per heavy atom. The summed E-state index contributed by atoms with van der Waals surface area (Å²) in [5.41, 5.74) is 2.74. The van der Waals surface area contributed by atoms with Crippen LogP contribution >= 0.6 is 0 Å². The molecule has 0 fully saturated rings. The van der Waals surface area contributed by atoms with E-state index in [0.29, 0.717) is 6.04 Å². The van der Waals surface area contributed by atoms with Crippen molar-refractivity contribution in [2.24, 2.45) is 0 Å². The largest absolute Gasteiger partial charge is 0.309 e. The second-order valence-corrected chi connectivity index (χ2v) is 3.95. The molecule has 0 amide bonds. The molecule has 0 aromatic heterocycles. The van der Waals surface area contributed by atoms with E-state index in [4.69, 9.17) is 0 Å². The molecule has 1 aromatic rings. The fraction of sp³-hybridized carbons (Fsp3) is 0.467. The van der Waals surface area contributed by atoms with Gasteiger partial charge in [-0.3, -0.25) is 0 Å². The maximum Gasteiger partial charge on any atom is 0.0292 e. The monoisotopic (exact) mass is 215 g/mol. The van der Waals surface area contributed by atoms with E-state index in [1.165, 1.54) is 11.1 Å². The molecule has 0 bridgehead atoms. The van der Waals surface area contributed by atoms with Crippen LogP contribution in [0.2, 0.25) is 0 Å². The third-order valence-electron chi connectivity index (χ3n) is 2.77. The summed E-state index contributed by atoms with van der Waals surface area (Å²) >= 11 is 0. The van der Waals surface area contributed by atoms with E-state index < -0.39 is 0 Å². The highest BCUT2D eigenvalue weighted by Gasteiger charge is 2.02. The predicted molar refractivity (Wildman–Crippen MR) is 70.3 cm³/mol. The Bertz CT molecular complexity index is 353. The summed E-state index contributed by atoms with van der Waals surface area (Å²) in [5, 5.41) is 3.47. The van der Waals surface area contributed by atoms with Gasteiger partial charge in [0.2, 0.25) is 0 Å². The van der Waals surface area contributed by atoms with Crippen molar-refractivity contribution in [3.63, 3.8) is 0 Å². The first-order chi connectivity index (χ1) is 7.77. The van der Waals surface area contributed by atoms with Crippen molar-refractivity contribution in [1.82, 2.24) is 5.32 Å². The van der Waals surface area contributed by atoms with Crippen molar-refractivity contribution < 1.29 is 0 Å². The van der Waals surface area contributed by atoms with Crippen molar-refractivity contribution in [3.05, 3.63) is 35.4 Å². The summed E-state index contributed by atoms with van der Waals surface area (Å²) in [7, 11) is 0. The Morgan fingerprint density at radius 3 is 2.50 bits per heavy atom. The molecule has 0 aliphatic rings. The second-order valence-electron chi connectivity index (χ2n) is 3.95. The number of rotatable bonds is 5. The van der Waals surface area contributed by atoms with E-state index in [-0.39, 0.29) is 0 Å². The van der Waals surface area contributed by atoms with Gasteiger partial charge in [0.15, 0.2) is 0 Å². The van der Waals surface area contributed by atoms with E-state index in [1.54, 1.807) is 0 Å². The molecule has 1 nitrogen and oxygen atoms in total. The summed E-state index contributed by atoms with van der Waals surface area (Å²) in [5.74, 6) is 5.97. The Morgan fingerprint density at radius 1 is 1.25 bits per heavy atom. The highest BCUT2D eigenvalue weighted by Crippen LogP contribution is 2.13. The van der Waals surface area contributed by atoms with Crippen LogP contribution in [0.1, 0.15) is 44.4 Å². The number of nitrogens with one attached hydrogen (secondary N) is 1. The van der Waals surface area contributed by atoms with Crippen molar-refractivity contribution in [1.29, 1.82) is 0 Å². The van der Waals surface area contributed by atoms with Gasteiger partial charge in [0, 0.05) is 19.0 Å². The van der Waals surface area contributed by atoms with Crippen LogP contribution < -0.4 is 5.32 Å². The maximum absolute atomic E-state index is 3.47. The fourth-order valence-electron chi connectivity index (χ4n) is 1.64. The van der Waals surface area contributed by atoms with E-state index in [2.05, 4.69) is 55.3 Å². The summed E-state index contributed by atoms with van der Waals surface area (Å²) in [6, 6.07) is 9.24. The van der Waals surface area contributed by atoms with Crippen LogP contribution in [0, 0.1) is 11.8 Å². The summed E-state index contributed by atoms with van der Waals surface area (Å²) in [4.78, 5) is 0. The third kappa shape index (κ3) is 4.08. The van der Waals surface area contributed by atoms with Crippen molar-refractivity contribution >= 4 is 0 Å². The lowest BCUT2D eigenvalue weighted by atomic mass is 10.1. The molecule has 0 radical (unpaired) electrons. The first-order valence-corrected chi connectivity index (χ1v) is 5.99. The highest BCUT2D eigenvalue weighted by atomic mass is 14.9. The van der Waals surface area contributed by atoms with Gasteiger partial charge < -0.3 is 5.32 Å². The molecule has 86 valence electrons. The van der Waals surface area contributed by atoms with E-state index in [1.807, 2.05) is 6.92 Å². The van der Waals surface area contributed by atoms with Crippen LogP contribution in [0.15, 0.2) is 24.3 Å². The van der Waals surface area contributed by atoms with Gasteiger partial charge in [0.1, 0.15) is 0 Å². The Hall–Kier alpha value is -1.26. The summed E-state index contributed by atoms with van der Waals surface area (Å²) in [6.45, 7) is 7.21. The Labute approximate surface area is 99.3 Å². The van der Waals surface area contributed by atoms with Crippen molar-refractivity contribution in [2.45, 2.75) is 39.7 Å². The van der Waals surface area contributed by atoms with Crippen LogP contribution in [0.5, 0.6) is 0 Å².